The third-order valence-corrected chi connectivity index (χ3v) is 2.59. The summed E-state index contributed by atoms with van der Waals surface area (Å²) in [5.41, 5.74) is 5.66. The molecule has 0 aromatic rings. The number of hydrogen-bond donors (Lipinski definition) is 2. The van der Waals surface area contributed by atoms with Gasteiger partial charge in [-0.25, -0.2) is 0 Å². The van der Waals surface area contributed by atoms with Gasteiger partial charge in [0.2, 0.25) is 5.91 Å². The number of hydrogen-bond acceptors (Lipinski definition) is 3. The van der Waals surface area contributed by atoms with Crippen LogP contribution in [0.4, 0.5) is 0 Å². The van der Waals surface area contributed by atoms with Crippen LogP contribution >= 0.6 is 0 Å². The molecule has 0 heterocycles. The summed E-state index contributed by atoms with van der Waals surface area (Å²) in [6, 6.07) is -0.0163. The van der Waals surface area contributed by atoms with Gasteiger partial charge in [0, 0.05) is 25.6 Å². The fraction of sp³-hybridized carbons (Fsp3) is 0.909. The van der Waals surface area contributed by atoms with Crippen LogP contribution < -0.4 is 11.1 Å². The Morgan fingerprint density at radius 2 is 2.33 bits per heavy atom. The van der Waals surface area contributed by atoms with Gasteiger partial charge in [0.1, 0.15) is 0 Å². The summed E-state index contributed by atoms with van der Waals surface area (Å²) in [7, 11) is 0. The molecule has 0 radical (unpaired) electrons. The van der Waals surface area contributed by atoms with Gasteiger partial charge in [-0.1, -0.05) is 6.92 Å². The zero-order valence-electron chi connectivity index (χ0n) is 9.50. The largest absolute Gasteiger partial charge is 0.379 e. The first-order valence-corrected chi connectivity index (χ1v) is 5.82. The molecule has 1 saturated carbocycles. The zero-order valence-corrected chi connectivity index (χ0v) is 9.50. The van der Waals surface area contributed by atoms with Crippen molar-refractivity contribution in [2.24, 2.45) is 11.7 Å². The molecule has 1 aliphatic carbocycles. The lowest BCUT2D eigenvalue weighted by molar-refractivity contribution is -0.121. The maximum absolute atomic E-state index is 11.3. The minimum absolute atomic E-state index is 0.0163. The quantitative estimate of drug-likeness (QED) is 0.583. The van der Waals surface area contributed by atoms with Crippen molar-refractivity contribution in [3.8, 4) is 0 Å². The SMILES string of the molecule is CCC(N)CC(=O)NCCOCC1CC1. The monoisotopic (exact) mass is 214 g/mol. The Hall–Kier alpha value is -0.610. The molecule has 3 N–H and O–H groups in total. The Labute approximate surface area is 91.5 Å². The highest BCUT2D eigenvalue weighted by Crippen LogP contribution is 2.28. The molecular formula is C11H22N2O2. The third-order valence-electron chi connectivity index (χ3n) is 2.59. The summed E-state index contributed by atoms with van der Waals surface area (Å²) in [6.45, 7) is 4.05. The number of nitrogens with one attached hydrogen (secondary N) is 1. The molecule has 1 fully saturated rings. The Morgan fingerprint density at radius 1 is 1.60 bits per heavy atom. The van der Waals surface area contributed by atoms with E-state index >= 15 is 0 Å². The van der Waals surface area contributed by atoms with Crippen molar-refractivity contribution in [1.29, 1.82) is 0 Å². The van der Waals surface area contributed by atoms with Crippen molar-refractivity contribution in [1.82, 2.24) is 5.32 Å². The molecular weight excluding hydrogens is 192 g/mol. The lowest BCUT2D eigenvalue weighted by atomic mass is 10.1. The van der Waals surface area contributed by atoms with E-state index in [0.29, 0.717) is 19.6 Å². The Balaban J connectivity index is 1.87. The van der Waals surface area contributed by atoms with Gasteiger partial charge < -0.3 is 15.8 Å². The average Bonchev–Trinajstić information content (AvgIpc) is 3.01. The highest BCUT2D eigenvalue weighted by atomic mass is 16.5. The predicted molar refractivity (Wildman–Crippen MR) is 59.4 cm³/mol. The van der Waals surface area contributed by atoms with E-state index in [2.05, 4.69) is 5.32 Å². The number of carbonyl (C=O) groups is 1. The molecule has 0 bridgehead atoms. The second-order valence-electron chi connectivity index (χ2n) is 4.24. The molecule has 15 heavy (non-hydrogen) atoms. The van der Waals surface area contributed by atoms with Gasteiger partial charge in [0.05, 0.1) is 6.61 Å². The molecule has 0 aromatic carbocycles. The molecule has 1 aliphatic rings. The van der Waals surface area contributed by atoms with E-state index in [-0.39, 0.29) is 11.9 Å². The van der Waals surface area contributed by atoms with Gasteiger partial charge in [-0.15, -0.1) is 0 Å². The van der Waals surface area contributed by atoms with Crippen LogP contribution in [0, 0.1) is 5.92 Å². The fourth-order valence-electron chi connectivity index (χ4n) is 1.25. The van der Waals surface area contributed by atoms with Gasteiger partial charge >= 0.3 is 0 Å². The first kappa shape index (κ1) is 12.5. The first-order chi connectivity index (χ1) is 7.22. The second kappa shape index (κ2) is 6.80. The van der Waals surface area contributed by atoms with Crippen LogP contribution in [0.2, 0.25) is 0 Å². The Morgan fingerprint density at radius 3 is 2.93 bits per heavy atom. The normalized spacial score (nSPS) is 17.5. The maximum Gasteiger partial charge on any atom is 0.221 e. The van der Waals surface area contributed by atoms with Gasteiger partial charge in [0.15, 0.2) is 0 Å². The molecule has 1 unspecified atom stereocenters. The number of carbonyl (C=O) groups excluding carboxylic acids is 1. The van der Waals surface area contributed by atoms with Crippen LogP contribution in [0.3, 0.4) is 0 Å². The molecule has 4 heteroatoms. The van der Waals surface area contributed by atoms with Crippen molar-refractivity contribution in [3.63, 3.8) is 0 Å². The molecule has 1 amide bonds. The minimum atomic E-state index is -0.0163. The number of amides is 1. The van der Waals surface area contributed by atoms with E-state index in [0.717, 1.165) is 18.9 Å². The van der Waals surface area contributed by atoms with E-state index in [9.17, 15) is 4.79 Å². The average molecular weight is 214 g/mol. The summed E-state index contributed by atoms with van der Waals surface area (Å²) in [6.07, 6.45) is 3.86. The topological polar surface area (TPSA) is 64.4 Å². The van der Waals surface area contributed by atoms with Crippen molar-refractivity contribution in [3.05, 3.63) is 0 Å². The van der Waals surface area contributed by atoms with Crippen LogP contribution in [0.25, 0.3) is 0 Å². The Kier molecular flexibility index (Phi) is 5.65. The van der Waals surface area contributed by atoms with Crippen LogP contribution in [0.1, 0.15) is 32.6 Å². The smallest absolute Gasteiger partial charge is 0.221 e. The van der Waals surface area contributed by atoms with Crippen LogP contribution in [0.15, 0.2) is 0 Å². The molecule has 1 rings (SSSR count). The van der Waals surface area contributed by atoms with Crippen molar-refractivity contribution in [2.75, 3.05) is 19.8 Å². The van der Waals surface area contributed by atoms with Crippen molar-refractivity contribution in [2.45, 2.75) is 38.6 Å². The predicted octanol–water partition coefficient (Wildman–Crippen LogP) is 0.657. The van der Waals surface area contributed by atoms with Gasteiger partial charge in [-0.2, -0.15) is 0 Å². The second-order valence-corrected chi connectivity index (χ2v) is 4.24. The maximum atomic E-state index is 11.3. The van der Waals surface area contributed by atoms with Crippen molar-refractivity contribution >= 4 is 5.91 Å². The van der Waals surface area contributed by atoms with E-state index in [1.807, 2.05) is 6.92 Å². The number of rotatable bonds is 8. The molecule has 0 spiro atoms. The van der Waals surface area contributed by atoms with Crippen LogP contribution in [-0.4, -0.2) is 31.7 Å². The van der Waals surface area contributed by atoms with Crippen molar-refractivity contribution < 1.29 is 9.53 Å². The molecule has 0 aliphatic heterocycles. The van der Waals surface area contributed by atoms with Crippen LogP contribution in [0.5, 0.6) is 0 Å². The molecule has 0 saturated heterocycles. The lowest BCUT2D eigenvalue weighted by Gasteiger charge is -2.09. The molecule has 4 nitrogen and oxygen atoms in total. The highest BCUT2D eigenvalue weighted by molar-refractivity contribution is 5.76. The first-order valence-electron chi connectivity index (χ1n) is 5.82. The summed E-state index contributed by atoms with van der Waals surface area (Å²) in [5.74, 6) is 0.814. The van der Waals surface area contributed by atoms with Gasteiger partial charge in [-0.3, -0.25) is 4.79 Å². The zero-order chi connectivity index (χ0) is 11.1. The highest BCUT2D eigenvalue weighted by Gasteiger charge is 2.20. The van der Waals surface area contributed by atoms with Gasteiger partial charge in [0.25, 0.3) is 0 Å². The fourth-order valence-corrected chi connectivity index (χ4v) is 1.25. The summed E-state index contributed by atoms with van der Waals surface area (Å²) in [5, 5.41) is 2.80. The third kappa shape index (κ3) is 6.47. The minimum Gasteiger partial charge on any atom is -0.379 e. The van der Waals surface area contributed by atoms with E-state index in [4.69, 9.17) is 10.5 Å². The van der Waals surface area contributed by atoms with E-state index in [1.165, 1.54) is 12.8 Å². The lowest BCUT2D eigenvalue weighted by Crippen LogP contribution is -2.33. The molecule has 1 atom stereocenters. The summed E-state index contributed by atoms with van der Waals surface area (Å²) < 4.78 is 5.39. The summed E-state index contributed by atoms with van der Waals surface area (Å²) in [4.78, 5) is 11.3. The number of nitrogens with two attached hydrogens (primary N) is 1. The standard InChI is InChI=1S/C11H22N2O2/c1-2-10(12)7-11(14)13-5-6-15-8-9-3-4-9/h9-10H,2-8,12H2,1H3,(H,13,14). The Bertz CT molecular complexity index is 193. The summed E-state index contributed by atoms with van der Waals surface area (Å²) >= 11 is 0. The number of ether oxygens (including phenoxy) is 1. The van der Waals surface area contributed by atoms with E-state index in [1.54, 1.807) is 0 Å². The molecule has 0 aromatic heterocycles. The van der Waals surface area contributed by atoms with Crippen LogP contribution in [-0.2, 0) is 9.53 Å². The van der Waals surface area contributed by atoms with Gasteiger partial charge in [-0.05, 0) is 25.2 Å². The molecule has 88 valence electrons. The van der Waals surface area contributed by atoms with E-state index < -0.39 is 0 Å².